The van der Waals surface area contributed by atoms with E-state index in [4.69, 9.17) is 4.84 Å². The Kier molecular flexibility index (Phi) is 6.57. The Labute approximate surface area is 183 Å². The number of carbonyl (C=O) groups is 1. The molecule has 2 amide bonds. The smallest absolute Gasteiger partial charge is 0.350 e. The lowest BCUT2D eigenvalue weighted by atomic mass is 9.93. The summed E-state index contributed by atoms with van der Waals surface area (Å²) in [5.74, 6) is 0.370. The first-order valence-electron chi connectivity index (χ1n) is 10.9. The number of anilines is 2. The second kappa shape index (κ2) is 9.71. The molecule has 162 valence electrons. The molecular formula is C25H30N4O2. The van der Waals surface area contributed by atoms with E-state index < -0.39 is 0 Å². The zero-order valence-corrected chi connectivity index (χ0v) is 18.2. The van der Waals surface area contributed by atoms with Gasteiger partial charge in [-0.1, -0.05) is 37.6 Å². The SMILES string of the molecule is CCCCON(C(=O)Nc1ccc2[nH]cc(C3C=CN(C)CC3)c2c1)c1ccccc1. The van der Waals surface area contributed by atoms with Crippen molar-refractivity contribution >= 4 is 28.3 Å². The van der Waals surface area contributed by atoms with Crippen molar-refractivity contribution in [3.63, 3.8) is 0 Å². The lowest BCUT2D eigenvalue weighted by Crippen LogP contribution is -2.35. The Hall–Kier alpha value is -3.25. The van der Waals surface area contributed by atoms with Gasteiger partial charge in [-0.05, 0) is 54.9 Å². The quantitative estimate of drug-likeness (QED) is 0.373. The molecule has 2 heterocycles. The predicted octanol–water partition coefficient (Wildman–Crippen LogP) is 5.87. The first kappa shape index (κ1) is 21.0. The number of allylic oxidation sites excluding steroid dienone is 1. The average molecular weight is 419 g/mol. The number of aromatic nitrogens is 1. The van der Waals surface area contributed by atoms with Crippen molar-refractivity contribution in [2.45, 2.75) is 32.1 Å². The lowest BCUT2D eigenvalue weighted by Gasteiger charge is -2.24. The summed E-state index contributed by atoms with van der Waals surface area (Å²) in [7, 11) is 2.09. The van der Waals surface area contributed by atoms with Crippen LogP contribution in [0.25, 0.3) is 10.9 Å². The normalized spacial score (nSPS) is 15.9. The van der Waals surface area contributed by atoms with Crippen LogP contribution in [0.3, 0.4) is 0 Å². The molecule has 6 heteroatoms. The van der Waals surface area contributed by atoms with Gasteiger partial charge in [-0.2, -0.15) is 5.06 Å². The third-order valence-electron chi connectivity index (χ3n) is 5.62. The van der Waals surface area contributed by atoms with E-state index in [-0.39, 0.29) is 6.03 Å². The van der Waals surface area contributed by atoms with Crippen LogP contribution in [0, 0.1) is 0 Å². The van der Waals surface area contributed by atoms with Crippen molar-refractivity contribution in [2.75, 3.05) is 30.6 Å². The van der Waals surface area contributed by atoms with Gasteiger partial charge in [-0.15, -0.1) is 0 Å². The second-order valence-corrected chi connectivity index (χ2v) is 7.97. The maximum Gasteiger partial charge on any atom is 0.350 e. The molecule has 0 saturated heterocycles. The first-order valence-corrected chi connectivity index (χ1v) is 10.9. The largest absolute Gasteiger partial charge is 0.381 e. The number of benzene rings is 2. The number of hydrogen-bond acceptors (Lipinski definition) is 3. The molecule has 2 N–H and O–H groups in total. The topological polar surface area (TPSA) is 60.6 Å². The van der Waals surface area contributed by atoms with E-state index in [1.165, 1.54) is 10.6 Å². The van der Waals surface area contributed by atoms with Gasteiger partial charge >= 0.3 is 6.03 Å². The monoisotopic (exact) mass is 418 g/mol. The molecule has 1 aliphatic rings. The summed E-state index contributed by atoms with van der Waals surface area (Å²) in [6, 6.07) is 15.1. The van der Waals surface area contributed by atoms with Crippen molar-refractivity contribution in [1.29, 1.82) is 0 Å². The lowest BCUT2D eigenvalue weighted by molar-refractivity contribution is 0.119. The number of rotatable bonds is 7. The number of unbranched alkanes of at least 4 members (excludes halogenated alkanes) is 1. The highest BCUT2D eigenvalue weighted by Gasteiger charge is 2.19. The minimum absolute atomic E-state index is 0.307. The zero-order valence-electron chi connectivity index (χ0n) is 18.2. The van der Waals surface area contributed by atoms with E-state index >= 15 is 0 Å². The van der Waals surface area contributed by atoms with Gasteiger partial charge in [0.2, 0.25) is 0 Å². The standard InChI is InChI=1S/C25H30N4O2/c1-3-4-16-31-29(21-8-6-5-7-9-21)25(30)27-20-10-11-24-22(17-20)23(18-26-24)19-12-14-28(2)15-13-19/h5-12,14,17-19,26H,3-4,13,15-16H2,1-2H3,(H,27,30). The van der Waals surface area contributed by atoms with E-state index in [1.807, 2.05) is 48.5 Å². The second-order valence-electron chi connectivity index (χ2n) is 7.97. The van der Waals surface area contributed by atoms with Crippen LogP contribution in [-0.4, -0.2) is 36.1 Å². The van der Waals surface area contributed by atoms with Crippen LogP contribution in [0.4, 0.5) is 16.2 Å². The van der Waals surface area contributed by atoms with Gasteiger partial charge in [-0.3, -0.25) is 4.84 Å². The zero-order chi connectivity index (χ0) is 21.6. The maximum absolute atomic E-state index is 13.1. The number of nitrogens with zero attached hydrogens (tertiary/aromatic N) is 2. The molecule has 1 aromatic heterocycles. The van der Waals surface area contributed by atoms with Crippen molar-refractivity contribution < 1.29 is 9.63 Å². The number of hydrogen-bond donors (Lipinski definition) is 2. The van der Waals surface area contributed by atoms with E-state index in [0.29, 0.717) is 18.2 Å². The summed E-state index contributed by atoms with van der Waals surface area (Å²) in [5.41, 5.74) is 3.78. The molecule has 0 radical (unpaired) electrons. The van der Waals surface area contributed by atoms with Crippen LogP contribution >= 0.6 is 0 Å². The minimum atomic E-state index is -0.307. The third kappa shape index (κ3) is 4.91. The van der Waals surface area contributed by atoms with E-state index in [2.05, 4.69) is 47.6 Å². The number of carbonyl (C=O) groups excluding carboxylic acids is 1. The summed E-state index contributed by atoms with van der Waals surface area (Å²) in [5, 5.41) is 5.49. The first-order chi connectivity index (χ1) is 15.2. The summed E-state index contributed by atoms with van der Waals surface area (Å²) in [4.78, 5) is 24.4. The van der Waals surface area contributed by atoms with Gasteiger partial charge in [0, 0.05) is 42.3 Å². The number of nitrogens with one attached hydrogen (secondary N) is 2. The number of amides is 2. The Morgan fingerprint density at radius 2 is 2.10 bits per heavy atom. The molecule has 0 spiro atoms. The Balaban J connectivity index is 1.55. The Morgan fingerprint density at radius 3 is 2.84 bits per heavy atom. The van der Waals surface area contributed by atoms with Gasteiger partial charge in [0.05, 0.1) is 12.3 Å². The van der Waals surface area contributed by atoms with E-state index in [0.717, 1.165) is 42.4 Å². The van der Waals surface area contributed by atoms with Gasteiger partial charge in [0.1, 0.15) is 0 Å². The van der Waals surface area contributed by atoms with Crippen LogP contribution in [0.15, 0.2) is 67.0 Å². The third-order valence-corrected chi connectivity index (χ3v) is 5.62. The molecular weight excluding hydrogens is 388 g/mol. The van der Waals surface area contributed by atoms with Crippen LogP contribution < -0.4 is 10.4 Å². The molecule has 1 atom stereocenters. The Morgan fingerprint density at radius 1 is 1.26 bits per heavy atom. The Bertz CT molecular complexity index is 1040. The number of fused-ring (bicyclic) bond motifs is 1. The summed E-state index contributed by atoms with van der Waals surface area (Å²) in [6.07, 6.45) is 9.44. The van der Waals surface area contributed by atoms with Crippen LogP contribution in [0.1, 0.15) is 37.7 Å². The van der Waals surface area contributed by atoms with E-state index in [9.17, 15) is 4.79 Å². The highest BCUT2D eigenvalue weighted by molar-refractivity contribution is 6.01. The molecule has 0 bridgehead atoms. The van der Waals surface area contributed by atoms with Crippen molar-refractivity contribution in [1.82, 2.24) is 9.88 Å². The molecule has 0 saturated carbocycles. The number of H-pyrrole nitrogens is 1. The maximum atomic E-state index is 13.1. The fourth-order valence-corrected chi connectivity index (χ4v) is 3.84. The molecule has 0 aliphatic carbocycles. The van der Waals surface area contributed by atoms with Crippen molar-refractivity contribution in [3.05, 3.63) is 72.6 Å². The average Bonchev–Trinajstić information content (AvgIpc) is 3.21. The highest BCUT2D eigenvalue weighted by atomic mass is 16.7. The molecule has 2 aromatic carbocycles. The van der Waals surface area contributed by atoms with Crippen molar-refractivity contribution in [2.24, 2.45) is 0 Å². The van der Waals surface area contributed by atoms with Gasteiger partial charge in [0.25, 0.3) is 0 Å². The minimum Gasteiger partial charge on any atom is -0.381 e. The van der Waals surface area contributed by atoms with Crippen molar-refractivity contribution in [3.8, 4) is 0 Å². The molecule has 31 heavy (non-hydrogen) atoms. The van der Waals surface area contributed by atoms with Crippen LogP contribution in [0.5, 0.6) is 0 Å². The molecule has 6 nitrogen and oxygen atoms in total. The molecule has 1 aliphatic heterocycles. The summed E-state index contributed by atoms with van der Waals surface area (Å²) >= 11 is 0. The number of aromatic amines is 1. The predicted molar refractivity (Wildman–Crippen MR) is 126 cm³/mol. The molecule has 3 aromatic rings. The van der Waals surface area contributed by atoms with Crippen LogP contribution in [-0.2, 0) is 4.84 Å². The number of hydroxylamine groups is 1. The van der Waals surface area contributed by atoms with E-state index in [1.54, 1.807) is 0 Å². The fraction of sp³-hybridized carbons (Fsp3) is 0.320. The highest BCUT2D eigenvalue weighted by Crippen LogP contribution is 2.32. The molecule has 0 fully saturated rings. The number of para-hydroxylation sites is 1. The molecule has 4 rings (SSSR count). The van der Waals surface area contributed by atoms with Gasteiger partial charge < -0.3 is 15.2 Å². The number of urea groups is 1. The van der Waals surface area contributed by atoms with Crippen LogP contribution in [0.2, 0.25) is 0 Å². The molecule has 1 unspecified atom stereocenters. The summed E-state index contributed by atoms with van der Waals surface area (Å²) in [6.45, 7) is 3.62. The van der Waals surface area contributed by atoms with Gasteiger partial charge in [-0.25, -0.2) is 4.79 Å². The summed E-state index contributed by atoms with van der Waals surface area (Å²) < 4.78 is 0. The van der Waals surface area contributed by atoms with Gasteiger partial charge in [0.15, 0.2) is 0 Å². The fourth-order valence-electron chi connectivity index (χ4n) is 3.84.